The summed E-state index contributed by atoms with van der Waals surface area (Å²) in [6, 6.07) is 13.0. The van der Waals surface area contributed by atoms with Crippen molar-refractivity contribution in [3.63, 3.8) is 0 Å². The van der Waals surface area contributed by atoms with Gasteiger partial charge in [0.1, 0.15) is 11.5 Å². The van der Waals surface area contributed by atoms with E-state index in [0.29, 0.717) is 5.75 Å². The van der Waals surface area contributed by atoms with E-state index >= 15 is 0 Å². The molecule has 0 radical (unpaired) electrons. The first kappa shape index (κ1) is 18.6. The molecular formula is C18H18F3NO3. The van der Waals surface area contributed by atoms with Gasteiger partial charge >= 0.3 is 6.36 Å². The molecule has 0 heterocycles. The van der Waals surface area contributed by atoms with E-state index in [9.17, 15) is 18.0 Å². The Kier molecular flexibility index (Phi) is 6.27. The van der Waals surface area contributed by atoms with Gasteiger partial charge in [0.2, 0.25) is 0 Å². The number of rotatable bonds is 7. The zero-order valence-corrected chi connectivity index (χ0v) is 13.6. The summed E-state index contributed by atoms with van der Waals surface area (Å²) in [5, 5.41) is 2.52. The summed E-state index contributed by atoms with van der Waals surface area (Å²) in [4.78, 5) is 11.9. The summed E-state index contributed by atoms with van der Waals surface area (Å²) in [5.41, 5.74) is 1.20. The summed E-state index contributed by atoms with van der Waals surface area (Å²) >= 11 is 0. The van der Waals surface area contributed by atoms with Crippen molar-refractivity contribution in [1.29, 1.82) is 0 Å². The van der Waals surface area contributed by atoms with Crippen molar-refractivity contribution in [2.75, 3.05) is 6.61 Å². The van der Waals surface area contributed by atoms with Crippen LogP contribution < -0.4 is 14.8 Å². The van der Waals surface area contributed by atoms with Crippen LogP contribution in [0, 0.1) is 0 Å². The third kappa shape index (κ3) is 6.02. The molecule has 7 heteroatoms. The van der Waals surface area contributed by atoms with Crippen molar-refractivity contribution in [1.82, 2.24) is 5.32 Å². The molecule has 1 amide bonds. The van der Waals surface area contributed by atoms with Gasteiger partial charge in [-0.25, -0.2) is 0 Å². The van der Waals surface area contributed by atoms with Crippen LogP contribution in [0.2, 0.25) is 0 Å². The molecule has 0 unspecified atom stereocenters. The number of amides is 1. The molecule has 1 N–H and O–H groups in total. The van der Waals surface area contributed by atoms with E-state index in [-0.39, 0.29) is 24.5 Å². The average Bonchev–Trinajstić information content (AvgIpc) is 2.58. The molecule has 0 aliphatic carbocycles. The van der Waals surface area contributed by atoms with E-state index in [0.717, 1.165) is 12.0 Å². The molecule has 2 rings (SSSR count). The van der Waals surface area contributed by atoms with Gasteiger partial charge in [-0.1, -0.05) is 43.3 Å². The molecule has 25 heavy (non-hydrogen) atoms. The molecule has 0 saturated heterocycles. The Hall–Kier alpha value is -2.70. The first-order valence-corrected chi connectivity index (χ1v) is 7.70. The topological polar surface area (TPSA) is 47.6 Å². The summed E-state index contributed by atoms with van der Waals surface area (Å²) in [6.07, 6.45) is -4.02. The predicted molar refractivity (Wildman–Crippen MR) is 86.3 cm³/mol. The molecular weight excluding hydrogens is 335 g/mol. The van der Waals surface area contributed by atoms with Crippen molar-refractivity contribution >= 4 is 5.91 Å². The fourth-order valence-electron chi connectivity index (χ4n) is 2.20. The maximum absolute atomic E-state index is 12.4. The molecule has 0 spiro atoms. The van der Waals surface area contributed by atoms with E-state index in [1.165, 1.54) is 18.2 Å². The maximum Gasteiger partial charge on any atom is 0.573 e. The van der Waals surface area contributed by atoms with Crippen LogP contribution in [-0.4, -0.2) is 18.9 Å². The number of carbonyl (C=O) groups excluding carboxylic acids is 1. The number of nitrogens with one attached hydrogen (secondary N) is 1. The summed E-state index contributed by atoms with van der Waals surface area (Å²) in [5.74, 6) is -0.166. The fourth-order valence-corrected chi connectivity index (χ4v) is 2.20. The maximum atomic E-state index is 12.4. The largest absolute Gasteiger partial charge is 0.573 e. The molecule has 2 aromatic rings. The highest BCUT2D eigenvalue weighted by atomic mass is 19.4. The van der Waals surface area contributed by atoms with Crippen molar-refractivity contribution < 1.29 is 27.4 Å². The molecule has 0 bridgehead atoms. The van der Waals surface area contributed by atoms with Crippen LogP contribution in [0.4, 0.5) is 13.2 Å². The van der Waals surface area contributed by atoms with Crippen LogP contribution in [0.15, 0.2) is 48.5 Å². The second-order valence-electron chi connectivity index (χ2n) is 5.18. The van der Waals surface area contributed by atoms with Crippen LogP contribution in [0.25, 0.3) is 0 Å². The number of ether oxygens (including phenoxy) is 2. The van der Waals surface area contributed by atoms with Crippen LogP contribution in [-0.2, 0) is 17.8 Å². The number of aryl methyl sites for hydroxylation is 1. The highest BCUT2D eigenvalue weighted by Crippen LogP contribution is 2.26. The first-order valence-electron chi connectivity index (χ1n) is 7.70. The molecule has 0 aliphatic heterocycles. The fraction of sp³-hybridized carbons (Fsp3) is 0.278. The summed E-state index contributed by atoms with van der Waals surface area (Å²) in [7, 11) is 0. The number of halogens is 3. The number of benzene rings is 2. The molecule has 0 saturated carbocycles. The van der Waals surface area contributed by atoms with Crippen LogP contribution >= 0.6 is 0 Å². The van der Waals surface area contributed by atoms with E-state index in [1.54, 1.807) is 18.2 Å². The standard InChI is InChI=1S/C18H18F3NO3/c1-2-13-7-3-5-9-15(13)24-12-17(23)22-11-14-8-4-6-10-16(14)25-18(19,20)21/h3-10H,2,11-12H2,1H3,(H,22,23). The lowest BCUT2D eigenvalue weighted by Crippen LogP contribution is -2.29. The Morgan fingerprint density at radius 1 is 1.00 bits per heavy atom. The lowest BCUT2D eigenvalue weighted by atomic mass is 10.1. The zero-order valence-electron chi connectivity index (χ0n) is 13.6. The minimum absolute atomic E-state index is 0.0934. The third-order valence-corrected chi connectivity index (χ3v) is 3.39. The molecule has 0 atom stereocenters. The normalized spacial score (nSPS) is 11.0. The average molecular weight is 353 g/mol. The van der Waals surface area contributed by atoms with Crippen LogP contribution in [0.3, 0.4) is 0 Å². The Labute approximate surface area is 143 Å². The third-order valence-electron chi connectivity index (χ3n) is 3.39. The van der Waals surface area contributed by atoms with Gasteiger partial charge in [0, 0.05) is 12.1 Å². The number of hydrogen-bond acceptors (Lipinski definition) is 3. The lowest BCUT2D eigenvalue weighted by molar-refractivity contribution is -0.274. The number of hydrogen-bond donors (Lipinski definition) is 1. The Balaban J connectivity index is 1.90. The smallest absolute Gasteiger partial charge is 0.483 e. The molecule has 4 nitrogen and oxygen atoms in total. The molecule has 0 aliphatic rings. The SMILES string of the molecule is CCc1ccccc1OCC(=O)NCc1ccccc1OC(F)(F)F. The summed E-state index contributed by atoms with van der Waals surface area (Å²) in [6.45, 7) is 1.66. The number of para-hydroxylation sites is 2. The van der Waals surface area contributed by atoms with Gasteiger partial charge in [0.05, 0.1) is 0 Å². The van der Waals surface area contributed by atoms with Gasteiger partial charge in [-0.15, -0.1) is 13.2 Å². The van der Waals surface area contributed by atoms with E-state index < -0.39 is 12.3 Å². The van der Waals surface area contributed by atoms with Gasteiger partial charge in [-0.05, 0) is 24.1 Å². The second kappa shape index (κ2) is 8.41. The van der Waals surface area contributed by atoms with Crippen molar-refractivity contribution in [2.24, 2.45) is 0 Å². The van der Waals surface area contributed by atoms with Crippen molar-refractivity contribution in [2.45, 2.75) is 26.3 Å². The molecule has 134 valence electrons. The second-order valence-corrected chi connectivity index (χ2v) is 5.18. The van der Waals surface area contributed by atoms with Crippen LogP contribution in [0.5, 0.6) is 11.5 Å². The molecule has 2 aromatic carbocycles. The van der Waals surface area contributed by atoms with E-state index in [4.69, 9.17) is 4.74 Å². The van der Waals surface area contributed by atoms with E-state index in [1.807, 2.05) is 19.1 Å². The van der Waals surface area contributed by atoms with Gasteiger partial charge < -0.3 is 14.8 Å². The van der Waals surface area contributed by atoms with Crippen molar-refractivity contribution in [3.05, 3.63) is 59.7 Å². The minimum atomic E-state index is -4.78. The van der Waals surface area contributed by atoms with Crippen LogP contribution in [0.1, 0.15) is 18.1 Å². The monoisotopic (exact) mass is 353 g/mol. The Morgan fingerprint density at radius 3 is 2.24 bits per heavy atom. The van der Waals surface area contributed by atoms with Gasteiger partial charge in [0.15, 0.2) is 6.61 Å². The van der Waals surface area contributed by atoms with Gasteiger partial charge in [-0.2, -0.15) is 0 Å². The van der Waals surface area contributed by atoms with Gasteiger partial charge in [0.25, 0.3) is 5.91 Å². The highest BCUT2D eigenvalue weighted by molar-refractivity contribution is 5.77. The number of alkyl halides is 3. The van der Waals surface area contributed by atoms with E-state index in [2.05, 4.69) is 10.1 Å². The number of carbonyl (C=O) groups is 1. The Bertz CT molecular complexity index is 717. The first-order chi connectivity index (χ1) is 11.9. The quantitative estimate of drug-likeness (QED) is 0.823. The molecule has 0 fully saturated rings. The van der Waals surface area contributed by atoms with Gasteiger partial charge in [-0.3, -0.25) is 4.79 Å². The Morgan fingerprint density at radius 2 is 1.60 bits per heavy atom. The van der Waals surface area contributed by atoms with Crippen molar-refractivity contribution in [3.8, 4) is 11.5 Å². The molecule has 0 aromatic heterocycles. The predicted octanol–water partition coefficient (Wildman–Crippen LogP) is 3.84. The highest BCUT2D eigenvalue weighted by Gasteiger charge is 2.31. The summed E-state index contributed by atoms with van der Waals surface area (Å²) < 4.78 is 46.5. The minimum Gasteiger partial charge on any atom is -0.483 e. The lowest BCUT2D eigenvalue weighted by Gasteiger charge is -2.14. The zero-order chi connectivity index (χ0) is 18.3.